The highest BCUT2D eigenvalue weighted by molar-refractivity contribution is 7.90. The minimum absolute atomic E-state index is 0.197. The van der Waals surface area contributed by atoms with Crippen LogP contribution in [0.4, 0.5) is 0 Å². The molecular formula is C11H19N3O2S2. The van der Waals surface area contributed by atoms with Gasteiger partial charge in [0.05, 0.1) is 11.3 Å². The molecule has 102 valence electrons. The van der Waals surface area contributed by atoms with Crippen molar-refractivity contribution in [2.45, 2.75) is 37.5 Å². The van der Waals surface area contributed by atoms with E-state index in [1.807, 2.05) is 12.3 Å². The molecule has 0 saturated carbocycles. The Kier molecular flexibility index (Phi) is 4.71. The van der Waals surface area contributed by atoms with Crippen molar-refractivity contribution in [3.05, 3.63) is 16.6 Å². The Balaban J connectivity index is 2.06. The predicted octanol–water partition coefficient (Wildman–Crippen LogP) is 1.27. The van der Waals surface area contributed by atoms with Crippen molar-refractivity contribution in [3.63, 3.8) is 0 Å². The highest BCUT2D eigenvalue weighted by Crippen LogP contribution is 2.21. The summed E-state index contributed by atoms with van der Waals surface area (Å²) in [7, 11) is -3.27. The molecule has 2 atom stereocenters. The Morgan fingerprint density at radius 1 is 1.67 bits per heavy atom. The van der Waals surface area contributed by atoms with Crippen LogP contribution in [-0.4, -0.2) is 31.7 Å². The summed E-state index contributed by atoms with van der Waals surface area (Å²) in [5, 5.41) is 5.52. The number of nitrogens with one attached hydrogen (secondary N) is 2. The average molecular weight is 289 g/mol. The summed E-state index contributed by atoms with van der Waals surface area (Å²) < 4.78 is 27.3. The number of nitrogens with zero attached hydrogens (tertiary/aromatic N) is 1. The van der Waals surface area contributed by atoms with Crippen LogP contribution in [0.2, 0.25) is 0 Å². The van der Waals surface area contributed by atoms with E-state index in [4.69, 9.17) is 0 Å². The van der Waals surface area contributed by atoms with Gasteiger partial charge in [-0.3, -0.25) is 0 Å². The Morgan fingerprint density at radius 3 is 3.06 bits per heavy atom. The van der Waals surface area contributed by atoms with Crippen molar-refractivity contribution in [2.75, 3.05) is 13.1 Å². The van der Waals surface area contributed by atoms with Crippen LogP contribution < -0.4 is 10.0 Å². The van der Waals surface area contributed by atoms with Crippen LogP contribution in [0.1, 0.15) is 37.2 Å². The maximum Gasteiger partial charge on any atom is 0.216 e. The molecule has 0 bridgehead atoms. The molecule has 2 unspecified atom stereocenters. The Morgan fingerprint density at radius 2 is 2.50 bits per heavy atom. The number of hydrogen-bond acceptors (Lipinski definition) is 5. The molecule has 18 heavy (non-hydrogen) atoms. The van der Waals surface area contributed by atoms with E-state index in [2.05, 4.69) is 15.0 Å². The highest BCUT2D eigenvalue weighted by atomic mass is 32.2. The van der Waals surface area contributed by atoms with Crippen molar-refractivity contribution in [1.82, 2.24) is 15.0 Å². The molecule has 1 aromatic heterocycles. The molecule has 0 spiro atoms. The molecular weight excluding hydrogens is 270 g/mol. The second kappa shape index (κ2) is 6.10. The summed E-state index contributed by atoms with van der Waals surface area (Å²) in [6, 6.07) is -0.197. The van der Waals surface area contributed by atoms with E-state index in [-0.39, 0.29) is 11.3 Å². The first kappa shape index (κ1) is 13.9. The molecule has 1 aliphatic rings. The number of aromatic nitrogens is 1. The van der Waals surface area contributed by atoms with E-state index in [1.54, 1.807) is 6.20 Å². The van der Waals surface area contributed by atoms with Crippen LogP contribution in [0.5, 0.6) is 0 Å². The zero-order valence-electron chi connectivity index (χ0n) is 10.4. The normalized spacial score (nSPS) is 22.8. The molecule has 0 aliphatic carbocycles. The van der Waals surface area contributed by atoms with Gasteiger partial charge >= 0.3 is 0 Å². The second-order valence-electron chi connectivity index (χ2n) is 4.46. The molecule has 1 saturated heterocycles. The first-order chi connectivity index (χ1) is 8.63. The minimum Gasteiger partial charge on any atom is -0.315 e. The van der Waals surface area contributed by atoms with Gasteiger partial charge in [0.25, 0.3) is 0 Å². The largest absolute Gasteiger partial charge is 0.315 e. The number of hydrogen-bond donors (Lipinski definition) is 2. The van der Waals surface area contributed by atoms with Gasteiger partial charge in [-0.15, -0.1) is 11.3 Å². The van der Waals surface area contributed by atoms with Crippen molar-refractivity contribution in [3.8, 4) is 0 Å². The van der Waals surface area contributed by atoms with Gasteiger partial charge in [-0.1, -0.05) is 6.92 Å². The predicted molar refractivity (Wildman–Crippen MR) is 73.1 cm³/mol. The fourth-order valence-electron chi connectivity index (χ4n) is 2.09. The first-order valence-corrected chi connectivity index (χ1v) is 8.67. The Hall–Kier alpha value is -0.500. The maximum absolute atomic E-state index is 12.3. The number of piperidine rings is 1. The van der Waals surface area contributed by atoms with E-state index in [1.165, 1.54) is 11.3 Å². The van der Waals surface area contributed by atoms with Gasteiger partial charge in [-0.25, -0.2) is 18.1 Å². The van der Waals surface area contributed by atoms with Crippen LogP contribution in [0, 0.1) is 0 Å². The molecule has 5 nitrogen and oxygen atoms in total. The van der Waals surface area contributed by atoms with Gasteiger partial charge in [-0.2, -0.15) is 0 Å². The SMILES string of the molecule is CCC(NS(=O)(=O)C1CCCNC1)c1nccs1. The van der Waals surface area contributed by atoms with Gasteiger partial charge in [0, 0.05) is 18.1 Å². The molecule has 1 aliphatic heterocycles. The van der Waals surface area contributed by atoms with Gasteiger partial charge in [0.2, 0.25) is 10.0 Å². The molecule has 0 radical (unpaired) electrons. The van der Waals surface area contributed by atoms with E-state index >= 15 is 0 Å². The second-order valence-corrected chi connectivity index (χ2v) is 7.38. The third-order valence-corrected chi connectivity index (χ3v) is 5.94. The molecule has 0 amide bonds. The quantitative estimate of drug-likeness (QED) is 0.856. The van der Waals surface area contributed by atoms with E-state index < -0.39 is 10.0 Å². The lowest BCUT2D eigenvalue weighted by Crippen LogP contribution is -2.45. The Labute approximate surface area is 112 Å². The van der Waals surface area contributed by atoms with Crippen molar-refractivity contribution in [1.29, 1.82) is 0 Å². The summed E-state index contributed by atoms with van der Waals surface area (Å²) in [6.07, 6.45) is 4.07. The molecule has 0 aromatic carbocycles. The van der Waals surface area contributed by atoms with Gasteiger partial charge < -0.3 is 5.32 Å². The third kappa shape index (κ3) is 3.28. The molecule has 1 aromatic rings. The molecule has 7 heteroatoms. The van der Waals surface area contributed by atoms with Gasteiger partial charge in [0.1, 0.15) is 5.01 Å². The first-order valence-electron chi connectivity index (χ1n) is 6.24. The van der Waals surface area contributed by atoms with E-state index in [0.717, 1.165) is 24.4 Å². The number of rotatable bonds is 5. The zero-order chi connectivity index (χ0) is 13.0. The summed E-state index contributed by atoms with van der Waals surface area (Å²) in [6.45, 7) is 3.42. The lowest BCUT2D eigenvalue weighted by Gasteiger charge is -2.25. The standard InChI is InChI=1S/C11H19N3O2S2/c1-2-10(11-13-6-7-17-11)14-18(15,16)9-4-3-5-12-8-9/h6-7,9-10,12,14H,2-5,8H2,1H3. The summed E-state index contributed by atoms with van der Waals surface area (Å²) >= 11 is 1.49. The van der Waals surface area contributed by atoms with Crippen LogP contribution >= 0.6 is 11.3 Å². The van der Waals surface area contributed by atoms with Crippen LogP contribution in [0.25, 0.3) is 0 Å². The monoisotopic (exact) mass is 289 g/mol. The van der Waals surface area contributed by atoms with Crippen molar-refractivity contribution >= 4 is 21.4 Å². The maximum atomic E-state index is 12.3. The van der Waals surface area contributed by atoms with Crippen LogP contribution in [0.15, 0.2) is 11.6 Å². The van der Waals surface area contributed by atoms with E-state index in [9.17, 15) is 8.42 Å². The van der Waals surface area contributed by atoms with E-state index in [0.29, 0.717) is 13.0 Å². The van der Waals surface area contributed by atoms with Gasteiger partial charge in [-0.05, 0) is 25.8 Å². The minimum atomic E-state index is -3.27. The zero-order valence-corrected chi connectivity index (χ0v) is 12.1. The molecule has 2 rings (SSSR count). The molecule has 1 fully saturated rings. The lowest BCUT2D eigenvalue weighted by molar-refractivity contribution is 0.480. The highest BCUT2D eigenvalue weighted by Gasteiger charge is 2.29. The van der Waals surface area contributed by atoms with Crippen LogP contribution in [-0.2, 0) is 10.0 Å². The molecule has 2 heterocycles. The summed E-state index contributed by atoms with van der Waals surface area (Å²) in [5.74, 6) is 0. The summed E-state index contributed by atoms with van der Waals surface area (Å²) in [4.78, 5) is 4.19. The fraction of sp³-hybridized carbons (Fsp3) is 0.727. The van der Waals surface area contributed by atoms with Gasteiger partial charge in [0.15, 0.2) is 0 Å². The average Bonchev–Trinajstić information content (AvgIpc) is 2.91. The molecule has 2 N–H and O–H groups in total. The Bertz CT molecular complexity index is 453. The number of thiazole rings is 1. The number of sulfonamides is 1. The smallest absolute Gasteiger partial charge is 0.216 e. The van der Waals surface area contributed by atoms with Crippen LogP contribution in [0.3, 0.4) is 0 Å². The lowest BCUT2D eigenvalue weighted by atomic mass is 10.2. The van der Waals surface area contributed by atoms with Crippen molar-refractivity contribution < 1.29 is 8.42 Å². The summed E-state index contributed by atoms with van der Waals surface area (Å²) in [5.41, 5.74) is 0. The topological polar surface area (TPSA) is 71.1 Å². The van der Waals surface area contributed by atoms with Crippen molar-refractivity contribution in [2.24, 2.45) is 0 Å². The fourth-order valence-corrected chi connectivity index (χ4v) is 4.62. The third-order valence-electron chi connectivity index (χ3n) is 3.15.